The Hall–Kier alpha value is -2.38. The molecule has 0 aliphatic carbocycles. The van der Waals surface area contributed by atoms with Crippen molar-refractivity contribution in [1.29, 1.82) is 5.26 Å². The minimum Gasteiger partial charge on any atom is -0.348 e. The Morgan fingerprint density at radius 2 is 2.10 bits per heavy atom. The van der Waals surface area contributed by atoms with Gasteiger partial charge in [0.05, 0.1) is 6.04 Å². The number of benzene rings is 1. The quantitative estimate of drug-likeness (QED) is 0.901. The van der Waals surface area contributed by atoms with Crippen molar-refractivity contribution in [1.82, 2.24) is 4.98 Å². The Kier molecular flexibility index (Phi) is 3.36. The molecule has 1 aliphatic rings. The molecule has 100 valence electrons. The van der Waals surface area contributed by atoms with Gasteiger partial charge in [0.15, 0.2) is 0 Å². The van der Waals surface area contributed by atoms with Gasteiger partial charge < -0.3 is 10.6 Å². The van der Waals surface area contributed by atoms with E-state index in [0.29, 0.717) is 12.2 Å². The van der Waals surface area contributed by atoms with Gasteiger partial charge in [0.1, 0.15) is 17.6 Å². The fourth-order valence-corrected chi connectivity index (χ4v) is 2.83. The highest BCUT2D eigenvalue weighted by atomic mass is 15.2. The van der Waals surface area contributed by atoms with Crippen LogP contribution in [0.3, 0.4) is 0 Å². The molecule has 1 aromatic heterocycles. The number of rotatable bonds is 2. The monoisotopic (exact) mass is 264 g/mol. The van der Waals surface area contributed by atoms with E-state index in [1.54, 1.807) is 6.07 Å². The molecule has 4 nitrogen and oxygen atoms in total. The lowest BCUT2D eigenvalue weighted by Gasteiger charge is -2.37. The number of nitriles is 1. The van der Waals surface area contributed by atoms with Crippen molar-refractivity contribution in [2.45, 2.75) is 12.5 Å². The first kappa shape index (κ1) is 12.6. The van der Waals surface area contributed by atoms with Crippen molar-refractivity contribution >= 4 is 5.82 Å². The molecule has 2 heterocycles. The normalized spacial score (nSPS) is 17.4. The summed E-state index contributed by atoms with van der Waals surface area (Å²) in [4.78, 5) is 6.59. The predicted octanol–water partition coefficient (Wildman–Crippen LogP) is 2.02. The van der Waals surface area contributed by atoms with E-state index in [2.05, 4.69) is 34.2 Å². The van der Waals surface area contributed by atoms with Crippen molar-refractivity contribution in [2.24, 2.45) is 5.73 Å². The molecular formula is C16H16N4. The summed E-state index contributed by atoms with van der Waals surface area (Å²) in [5, 5.41) is 8.99. The Morgan fingerprint density at radius 3 is 2.90 bits per heavy atom. The maximum Gasteiger partial charge on any atom is 0.142 e. The van der Waals surface area contributed by atoms with Crippen LogP contribution in [0.2, 0.25) is 0 Å². The molecule has 1 aliphatic heterocycles. The third kappa shape index (κ3) is 2.13. The van der Waals surface area contributed by atoms with E-state index in [4.69, 9.17) is 11.0 Å². The standard InChI is InChI=1S/C16H16N4/c17-10-13-5-3-7-16(19-13)20-9-8-12-4-1-2-6-14(12)15(20)11-18/h1-7,15H,8-9,11,18H2. The molecule has 20 heavy (non-hydrogen) atoms. The second kappa shape index (κ2) is 5.32. The highest BCUT2D eigenvalue weighted by Gasteiger charge is 2.26. The summed E-state index contributed by atoms with van der Waals surface area (Å²) < 4.78 is 0. The molecule has 3 rings (SSSR count). The van der Waals surface area contributed by atoms with Crippen LogP contribution >= 0.6 is 0 Å². The van der Waals surface area contributed by atoms with Crippen LogP contribution in [-0.4, -0.2) is 18.1 Å². The van der Waals surface area contributed by atoms with Gasteiger partial charge in [-0.2, -0.15) is 5.26 Å². The molecule has 0 spiro atoms. The van der Waals surface area contributed by atoms with Crippen LogP contribution < -0.4 is 10.6 Å². The number of fused-ring (bicyclic) bond motifs is 1. The second-order valence-electron chi connectivity index (χ2n) is 4.89. The smallest absolute Gasteiger partial charge is 0.142 e. The number of hydrogen-bond acceptors (Lipinski definition) is 4. The zero-order chi connectivity index (χ0) is 13.9. The molecule has 1 aromatic carbocycles. The van der Waals surface area contributed by atoms with Gasteiger partial charge in [-0.25, -0.2) is 4.98 Å². The van der Waals surface area contributed by atoms with E-state index in [0.717, 1.165) is 18.8 Å². The third-order valence-electron chi connectivity index (χ3n) is 3.78. The maximum absolute atomic E-state index is 8.99. The predicted molar refractivity (Wildman–Crippen MR) is 78.2 cm³/mol. The first-order chi connectivity index (χ1) is 9.83. The van der Waals surface area contributed by atoms with E-state index in [9.17, 15) is 0 Å². The number of anilines is 1. The number of pyridine rings is 1. The van der Waals surface area contributed by atoms with Gasteiger partial charge in [-0.3, -0.25) is 0 Å². The lowest BCUT2D eigenvalue weighted by molar-refractivity contribution is 0.584. The molecule has 0 fully saturated rings. The van der Waals surface area contributed by atoms with Gasteiger partial charge in [0, 0.05) is 13.1 Å². The molecule has 2 N–H and O–H groups in total. The van der Waals surface area contributed by atoms with Crippen LogP contribution in [0.5, 0.6) is 0 Å². The van der Waals surface area contributed by atoms with Crippen LogP contribution in [0.1, 0.15) is 22.9 Å². The summed E-state index contributed by atoms with van der Waals surface area (Å²) >= 11 is 0. The first-order valence-electron chi connectivity index (χ1n) is 6.75. The van der Waals surface area contributed by atoms with Crippen LogP contribution in [0.25, 0.3) is 0 Å². The minimum absolute atomic E-state index is 0.126. The fourth-order valence-electron chi connectivity index (χ4n) is 2.83. The van der Waals surface area contributed by atoms with Gasteiger partial charge in [0.25, 0.3) is 0 Å². The van der Waals surface area contributed by atoms with Crippen LogP contribution in [0.4, 0.5) is 5.82 Å². The SMILES string of the molecule is N#Cc1cccc(N2CCc3ccccc3C2CN)n1. The zero-order valence-electron chi connectivity index (χ0n) is 11.2. The van der Waals surface area contributed by atoms with E-state index in [-0.39, 0.29) is 6.04 Å². The third-order valence-corrected chi connectivity index (χ3v) is 3.78. The minimum atomic E-state index is 0.126. The number of nitrogens with zero attached hydrogens (tertiary/aromatic N) is 3. The number of nitrogens with two attached hydrogens (primary N) is 1. The van der Waals surface area contributed by atoms with Crippen molar-refractivity contribution in [3.63, 3.8) is 0 Å². The molecule has 2 aromatic rings. The average molecular weight is 264 g/mol. The lowest BCUT2D eigenvalue weighted by Crippen LogP contribution is -2.39. The zero-order valence-corrected chi connectivity index (χ0v) is 11.2. The molecule has 0 radical (unpaired) electrons. The van der Waals surface area contributed by atoms with E-state index < -0.39 is 0 Å². The Morgan fingerprint density at radius 1 is 1.25 bits per heavy atom. The Balaban J connectivity index is 2.01. The van der Waals surface area contributed by atoms with Crippen LogP contribution in [0, 0.1) is 11.3 Å². The first-order valence-corrected chi connectivity index (χ1v) is 6.75. The molecule has 0 amide bonds. The van der Waals surface area contributed by atoms with Crippen molar-refractivity contribution in [3.05, 3.63) is 59.3 Å². The molecule has 1 atom stereocenters. The summed E-state index contributed by atoms with van der Waals surface area (Å²) in [7, 11) is 0. The lowest BCUT2D eigenvalue weighted by atomic mass is 9.92. The number of aromatic nitrogens is 1. The van der Waals surface area contributed by atoms with E-state index in [1.165, 1.54) is 11.1 Å². The summed E-state index contributed by atoms with van der Waals surface area (Å²) in [5.41, 5.74) is 9.05. The molecular weight excluding hydrogens is 248 g/mol. The van der Waals surface area contributed by atoms with Crippen molar-refractivity contribution < 1.29 is 0 Å². The van der Waals surface area contributed by atoms with Crippen molar-refractivity contribution in [2.75, 3.05) is 18.0 Å². The summed E-state index contributed by atoms with van der Waals surface area (Å²) in [6, 6.07) is 16.2. The summed E-state index contributed by atoms with van der Waals surface area (Å²) in [6.45, 7) is 1.41. The number of hydrogen-bond donors (Lipinski definition) is 1. The van der Waals surface area contributed by atoms with Crippen molar-refractivity contribution in [3.8, 4) is 6.07 Å². The highest BCUT2D eigenvalue weighted by molar-refractivity contribution is 5.49. The molecule has 1 unspecified atom stereocenters. The summed E-state index contributed by atoms with van der Waals surface area (Å²) in [5.74, 6) is 0.828. The van der Waals surface area contributed by atoms with Gasteiger partial charge in [0.2, 0.25) is 0 Å². The maximum atomic E-state index is 8.99. The molecule has 4 heteroatoms. The van der Waals surface area contributed by atoms with E-state index in [1.807, 2.05) is 18.2 Å². The van der Waals surface area contributed by atoms with Gasteiger partial charge in [-0.05, 0) is 29.7 Å². The van der Waals surface area contributed by atoms with E-state index >= 15 is 0 Å². The topological polar surface area (TPSA) is 65.9 Å². The Labute approximate surface area is 118 Å². The van der Waals surface area contributed by atoms with Crippen LogP contribution in [0.15, 0.2) is 42.5 Å². The average Bonchev–Trinajstić information content (AvgIpc) is 2.53. The fraction of sp³-hybridized carbons (Fsp3) is 0.250. The Bertz CT molecular complexity index is 660. The van der Waals surface area contributed by atoms with Gasteiger partial charge in [-0.15, -0.1) is 0 Å². The van der Waals surface area contributed by atoms with Gasteiger partial charge >= 0.3 is 0 Å². The molecule has 0 bridgehead atoms. The molecule has 0 saturated heterocycles. The highest BCUT2D eigenvalue weighted by Crippen LogP contribution is 2.32. The van der Waals surface area contributed by atoms with Gasteiger partial charge in [-0.1, -0.05) is 30.3 Å². The molecule has 0 saturated carbocycles. The van der Waals surface area contributed by atoms with Crippen LogP contribution in [-0.2, 0) is 6.42 Å². The second-order valence-corrected chi connectivity index (χ2v) is 4.89. The summed E-state index contributed by atoms with van der Waals surface area (Å²) in [6.07, 6.45) is 0.977. The largest absolute Gasteiger partial charge is 0.348 e.